The monoisotopic (exact) mass is 230 g/mol. The number of halogens is 1. The minimum atomic E-state index is -0.636. The first-order valence-corrected chi connectivity index (χ1v) is 6.64. The Kier molecular flexibility index (Phi) is 6.29. The first-order valence-electron chi connectivity index (χ1n) is 6.64. The molecule has 1 aliphatic rings. The molecule has 1 unspecified atom stereocenters. The molecule has 1 saturated heterocycles. The highest BCUT2D eigenvalue weighted by atomic mass is 19.1. The van der Waals surface area contributed by atoms with Crippen LogP contribution in [0.4, 0.5) is 4.39 Å². The standard InChI is InChI=1S/C13H27FN2/c1-4-5-8-16-9-6-12(7-10-16)13(14)11-15(2)3/h12-13H,4-11H2,1-3H3. The lowest BCUT2D eigenvalue weighted by atomic mass is 9.92. The SMILES string of the molecule is CCCCN1CCC(C(F)CN(C)C)CC1. The highest BCUT2D eigenvalue weighted by Crippen LogP contribution is 2.23. The Morgan fingerprint density at radius 1 is 1.31 bits per heavy atom. The minimum Gasteiger partial charge on any atom is -0.307 e. The van der Waals surface area contributed by atoms with Crippen molar-refractivity contribution in [3.63, 3.8) is 0 Å². The minimum absolute atomic E-state index is 0.292. The maximum atomic E-state index is 13.9. The molecule has 1 rings (SSSR count). The quantitative estimate of drug-likeness (QED) is 0.691. The van der Waals surface area contributed by atoms with Gasteiger partial charge in [-0.1, -0.05) is 13.3 Å². The summed E-state index contributed by atoms with van der Waals surface area (Å²) in [7, 11) is 3.89. The number of likely N-dealkylation sites (tertiary alicyclic amines) is 1. The number of unbranched alkanes of at least 4 members (excludes halogenated alkanes) is 1. The fourth-order valence-corrected chi connectivity index (χ4v) is 2.42. The van der Waals surface area contributed by atoms with E-state index in [0.29, 0.717) is 12.5 Å². The Hall–Kier alpha value is -0.150. The van der Waals surface area contributed by atoms with Crippen LogP contribution < -0.4 is 0 Å². The number of rotatable bonds is 6. The number of hydrogen-bond acceptors (Lipinski definition) is 2. The lowest BCUT2D eigenvalue weighted by Gasteiger charge is -2.34. The fourth-order valence-electron chi connectivity index (χ4n) is 2.42. The van der Waals surface area contributed by atoms with E-state index < -0.39 is 6.17 Å². The van der Waals surface area contributed by atoms with Gasteiger partial charge in [-0.15, -0.1) is 0 Å². The van der Waals surface area contributed by atoms with Gasteiger partial charge in [0.2, 0.25) is 0 Å². The molecule has 0 aromatic rings. The van der Waals surface area contributed by atoms with E-state index in [9.17, 15) is 4.39 Å². The summed E-state index contributed by atoms with van der Waals surface area (Å²) in [6.45, 7) is 6.20. The average Bonchev–Trinajstić information content (AvgIpc) is 2.26. The number of nitrogens with zero attached hydrogens (tertiary/aromatic N) is 2. The zero-order valence-electron chi connectivity index (χ0n) is 11.1. The molecule has 0 spiro atoms. The van der Waals surface area contributed by atoms with Crippen LogP contribution in [-0.2, 0) is 0 Å². The van der Waals surface area contributed by atoms with Gasteiger partial charge >= 0.3 is 0 Å². The van der Waals surface area contributed by atoms with E-state index in [4.69, 9.17) is 0 Å². The van der Waals surface area contributed by atoms with Crippen molar-refractivity contribution in [2.45, 2.75) is 38.8 Å². The second-order valence-corrected chi connectivity index (χ2v) is 5.31. The second-order valence-electron chi connectivity index (χ2n) is 5.31. The zero-order valence-corrected chi connectivity index (χ0v) is 11.1. The van der Waals surface area contributed by atoms with E-state index in [1.54, 1.807) is 0 Å². The molecule has 0 saturated carbocycles. The molecule has 96 valence electrons. The van der Waals surface area contributed by atoms with Crippen LogP contribution in [0.3, 0.4) is 0 Å². The molecule has 1 aliphatic heterocycles. The second kappa shape index (κ2) is 7.23. The van der Waals surface area contributed by atoms with Gasteiger partial charge in [0.05, 0.1) is 0 Å². The van der Waals surface area contributed by atoms with E-state index in [0.717, 1.165) is 25.9 Å². The highest BCUT2D eigenvalue weighted by Gasteiger charge is 2.26. The third kappa shape index (κ3) is 4.79. The van der Waals surface area contributed by atoms with Gasteiger partial charge in [-0.3, -0.25) is 0 Å². The molecule has 3 heteroatoms. The maximum absolute atomic E-state index is 13.9. The van der Waals surface area contributed by atoms with Crippen LogP contribution in [0.1, 0.15) is 32.6 Å². The molecule has 0 aromatic heterocycles. The molecule has 0 aliphatic carbocycles. The average molecular weight is 230 g/mol. The molecule has 1 atom stereocenters. The van der Waals surface area contributed by atoms with Crippen molar-refractivity contribution in [1.82, 2.24) is 9.80 Å². The molecule has 0 N–H and O–H groups in total. The Bertz CT molecular complexity index is 177. The molecule has 0 amide bonds. The first-order chi connectivity index (χ1) is 7.63. The van der Waals surface area contributed by atoms with Crippen molar-refractivity contribution in [3.8, 4) is 0 Å². The maximum Gasteiger partial charge on any atom is 0.116 e. The Morgan fingerprint density at radius 2 is 1.94 bits per heavy atom. The number of hydrogen-bond donors (Lipinski definition) is 0. The third-order valence-electron chi connectivity index (χ3n) is 3.51. The van der Waals surface area contributed by atoms with Crippen molar-refractivity contribution in [3.05, 3.63) is 0 Å². The van der Waals surface area contributed by atoms with E-state index in [-0.39, 0.29) is 0 Å². The van der Waals surface area contributed by atoms with Crippen LogP contribution in [0, 0.1) is 5.92 Å². The predicted molar refractivity (Wildman–Crippen MR) is 67.5 cm³/mol. The molecule has 0 aromatic carbocycles. The van der Waals surface area contributed by atoms with Gasteiger partial charge in [0, 0.05) is 6.54 Å². The summed E-state index contributed by atoms with van der Waals surface area (Å²) in [6.07, 6.45) is 3.98. The Morgan fingerprint density at radius 3 is 2.44 bits per heavy atom. The molecule has 0 bridgehead atoms. The van der Waals surface area contributed by atoms with E-state index in [1.807, 2.05) is 19.0 Å². The van der Waals surface area contributed by atoms with Crippen LogP contribution in [0.15, 0.2) is 0 Å². The van der Waals surface area contributed by atoms with Gasteiger partial charge in [-0.25, -0.2) is 4.39 Å². The lowest BCUT2D eigenvalue weighted by Crippen LogP contribution is -2.39. The van der Waals surface area contributed by atoms with Gasteiger partial charge < -0.3 is 9.80 Å². The van der Waals surface area contributed by atoms with Crippen LogP contribution in [0.2, 0.25) is 0 Å². The topological polar surface area (TPSA) is 6.48 Å². The predicted octanol–water partition coefficient (Wildman–Crippen LogP) is 2.40. The summed E-state index contributed by atoms with van der Waals surface area (Å²) < 4.78 is 13.9. The molecule has 2 nitrogen and oxygen atoms in total. The fraction of sp³-hybridized carbons (Fsp3) is 1.00. The summed E-state index contributed by atoms with van der Waals surface area (Å²) in [5, 5.41) is 0. The van der Waals surface area contributed by atoms with Crippen LogP contribution >= 0.6 is 0 Å². The van der Waals surface area contributed by atoms with Gasteiger partial charge in [0.15, 0.2) is 0 Å². The van der Waals surface area contributed by atoms with Gasteiger partial charge in [0.1, 0.15) is 6.17 Å². The third-order valence-corrected chi connectivity index (χ3v) is 3.51. The molecular formula is C13H27FN2. The molecule has 1 fully saturated rings. The van der Waals surface area contributed by atoms with Crippen molar-refractivity contribution in [2.75, 3.05) is 40.3 Å². The van der Waals surface area contributed by atoms with Crippen LogP contribution in [0.25, 0.3) is 0 Å². The largest absolute Gasteiger partial charge is 0.307 e. The summed E-state index contributed by atoms with van der Waals surface area (Å²) in [5.74, 6) is 0.292. The van der Waals surface area contributed by atoms with Crippen LogP contribution in [-0.4, -0.2) is 56.2 Å². The molecule has 1 heterocycles. The van der Waals surface area contributed by atoms with E-state index in [2.05, 4.69) is 11.8 Å². The van der Waals surface area contributed by atoms with Crippen molar-refractivity contribution in [2.24, 2.45) is 5.92 Å². The van der Waals surface area contributed by atoms with E-state index in [1.165, 1.54) is 19.4 Å². The summed E-state index contributed by atoms with van der Waals surface area (Å²) in [4.78, 5) is 4.44. The van der Waals surface area contributed by atoms with Crippen molar-refractivity contribution < 1.29 is 4.39 Å². The van der Waals surface area contributed by atoms with Crippen molar-refractivity contribution >= 4 is 0 Å². The zero-order chi connectivity index (χ0) is 12.0. The Labute approximate surface area is 99.8 Å². The van der Waals surface area contributed by atoms with Gasteiger partial charge in [0.25, 0.3) is 0 Å². The lowest BCUT2D eigenvalue weighted by molar-refractivity contribution is 0.102. The smallest absolute Gasteiger partial charge is 0.116 e. The Balaban J connectivity index is 2.20. The molecular weight excluding hydrogens is 203 g/mol. The normalized spacial score (nSPS) is 21.6. The summed E-state index contributed by atoms with van der Waals surface area (Å²) in [5.41, 5.74) is 0. The summed E-state index contributed by atoms with van der Waals surface area (Å²) in [6, 6.07) is 0. The van der Waals surface area contributed by atoms with Gasteiger partial charge in [-0.05, 0) is 58.9 Å². The number of alkyl halides is 1. The first kappa shape index (κ1) is 13.9. The molecule has 0 radical (unpaired) electrons. The summed E-state index contributed by atoms with van der Waals surface area (Å²) >= 11 is 0. The van der Waals surface area contributed by atoms with Crippen LogP contribution in [0.5, 0.6) is 0 Å². The molecule has 16 heavy (non-hydrogen) atoms. The van der Waals surface area contributed by atoms with Crippen molar-refractivity contribution in [1.29, 1.82) is 0 Å². The highest BCUT2D eigenvalue weighted by molar-refractivity contribution is 4.78. The van der Waals surface area contributed by atoms with E-state index >= 15 is 0 Å². The van der Waals surface area contributed by atoms with Gasteiger partial charge in [-0.2, -0.15) is 0 Å². The number of piperidine rings is 1.